The summed E-state index contributed by atoms with van der Waals surface area (Å²) in [5, 5.41) is 3.78. The van der Waals surface area contributed by atoms with Crippen molar-refractivity contribution in [2.45, 2.75) is 100 Å². The van der Waals surface area contributed by atoms with Gasteiger partial charge in [-0.1, -0.05) is 190 Å². The highest BCUT2D eigenvalue weighted by molar-refractivity contribution is 5.83. The third kappa shape index (κ3) is 12.4. The van der Waals surface area contributed by atoms with E-state index in [4.69, 9.17) is 0 Å². The van der Waals surface area contributed by atoms with Gasteiger partial charge < -0.3 is 5.32 Å². The van der Waals surface area contributed by atoms with Crippen molar-refractivity contribution in [3.05, 3.63) is 180 Å². The number of fused-ring (bicyclic) bond motifs is 2. The van der Waals surface area contributed by atoms with Crippen LogP contribution in [0.25, 0.3) is 22.3 Å². The summed E-state index contributed by atoms with van der Waals surface area (Å²) in [7, 11) is 0. The van der Waals surface area contributed by atoms with Gasteiger partial charge >= 0.3 is 0 Å². The molecule has 0 heterocycles. The highest BCUT2D eigenvalue weighted by Crippen LogP contribution is 2.50. The molecule has 1 heteroatoms. The normalized spacial score (nSPS) is 14.7. The Hall–Kier alpha value is -4.62. The van der Waals surface area contributed by atoms with Gasteiger partial charge in [0.1, 0.15) is 0 Å². The maximum absolute atomic E-state index is 3.78. The summed E-state index contributed by atoms with van der Waals surface area (Å²) in [5.41, 5.74) is 14.0. The van der Waals surface area contributed by atoms with Gasteiger partial charge in [0.25, 0.3) is 0 Å². The molecule has 0 unspecified atom stereocenters. The SMILES string of the molecule is C=C/C=C\C.C=C/C=C\C.CC.CC.CC.CC1(C)C2=C(CCC(NC3=CC=C(c4ccc(-c5ccccc5)cc4)CC3)=C2)c2ccccc21. The molecular formula is C49H65N. The first kappa shape index (κ1) is 43.4. The Bertz CT molecular complexity index is 1600. The molecule has 3 aromatic rings. The van der Waals surface area contributed by atoms with Gasteiger partial charge in [-0.2, -0.15) is 0 Å². The van der Waals surface area contributed by atoms with Gasteiger partial charge in [-0.05, 0) is 96.2 Å². The monoisotopic (exact) mass is 668 g/mol. The highest BCUT2D eigenvalue weighted by atomic mass is 14.9. The van der Waals surface area contributed by atoms with Gasteiger partial charge in [-0.25, -0.2) is 0 Å². The Morgan fingerprint density at radius 2 is 1.10 bits per heavy atom. The number of allylic oxidation sites excluding steroid dienone is 14. The fourth-order valence-electron chi connectivity index (χ4n) is 6.07. The number of hydrogen-bond donors (Lipinski definition) is 1. The molecule has 0 spiro atoms. The second-order valence-corrected chi connectivity index (χ2v) is 11.7. The average molecular weight is 668 g/mol. The molecule has 266 valence electrons. The zero-order chi connectivity index (χ0) is 37.4. The van der Waals surface area contributed by atoms with Gasteiger partial charge in [-0.15, -0.1) is 0 Å². The highest BCUT2D eigenvalue weighted by Gasteiger charge is 2.37. The molecule has 50 heavy (non-hydrogen) atoms. The van der Waals surface area contributed by atoms with Crippen LogP contribution in [0.5, 0.6) is 0 Å². The molecule has 1 nitrogen and oxygen atoms in total. The molecule has 6 rings (SSSR count). The molecule has 0 amide bonds. The van der Waals surface area contributed by atoms with Crippen LogP contribution in [0.15, 0.2) is 164 Å². The number of benzene rings is 3. The van der Waals surface area contributed by atoms with Gasteiger partial charge in [-0.3, -0.25) is 0 Å². The maximum atomic E-state index is 3.78. The Morgan fingerprint density at radius 3 is 1.62 bits per heavy atom. The lowest BCUT2D eigenvalue weighted by molar-refractivity contribution is 0.645. The quantitative estimate of drug-likeness (QED) is 0.258. The molecule has 3 aliphatic carbocycles. The Labute approximate surface area is 307 Å². The summed E-state index contributed by atoms with van der Waals surface area (Å²) in [6.45, 7) is 27.6. The van der Waals surface area contributed by atoms with Crippen molar-refractivity contribution >= 4 is 11.1 Å². The van der Waals surface area contributed by atoms with Crippen LogP contribution >= 0.6 is 0 Å². The lowest BCUT2D eigenvalue weighted by Crippen LogP contribution is -2.21. The summed E-state index contributed by atoms with van der Waals surface area (Å²) in [5.74, 6) is 0. The Morgan fingerprint density at radius 1 is 0.580 bits per heavy atom. The van der Waals surface area contributed by atoms with E-state index in [1.54, 1.807) is 17.7 Å². The van der Waals surface area contributed by atoms with E-state index in [-0.39, 0.29) is 5.41 Å². The maximum Gasteiger partial charge on any atom is 0.0156 e. The molecule has 0 fully saturated rings. The predicted molar refractivity (Wildman–Crippen MR) is 228 cm³/mol. The van der Waals surface area contributed by atoms with Gasteiger partial charge in [0, 0.05) is 16.8 Å². The molecule has 0 bridgehead atoms. The van der Waals surface area contributed by atoms with Crippen LogP contribution in [0.3, 0.4) is 0 Å². The lowest BCUT2D eigenvalue weighted by Gasteiger charge is -2.27. The predicted octanol–water partition coefficient (Wildman–Crippen LogP) is 15.0. The molecule has 0 radical (unpaired) electrons. The van der Waals surface area contributed by atoms with Crippen molar-refractivity contribution in [2.24, 2.45) is 0 Å². The van der Waals surface area contributed by atoms with E-state index >= 15 is 0 Å². The summed E-state index contributed by atoms with van der Waals surface area (Å²) in [4.78, 5) is 0. The molecule has 0 aromatic heterocycles. The van der Waals surface area contributed by atoms with Crippen LogP contribution in [0.2, 0.25) is 0 Å². The van der Waals surface area contributed by atoms with E-state index < -0.39 is 0 Å². The van der Waals surface area contributed by atoms with Crippen molar-refractivity contribution < 1.29 is 0 Å². The van der Waals surface area contributed by atoms with E-state index in [0.717, 1.165) is 25.7 Å². The van der Waals surface area contributed by atoms with Crippen molar-refractivity contribution in [3.8, 4) is 11.1 Å². The van der Waals surface area contributed by atoms with Crippen LogP contribution in [0.4, 0.5) is 0 Å². The molecule has 0 atom stereocenters. The number of nitrogens with one attached hydrogen (secondary N) is 1. The average Bonchev–Trinajstić information content (AvgIpc) is 3.41. The standard InChI is InChI=1S/C33H31N.2C5H8.3C2H6/c1-33(2)31-11-7-6-10-29(31)30-21-20-28(22-32(30)33)34-27-18-16-26(17-19-27)25-14-12-24(13-15-25)23-8-4-3-5-9-23;2*1-3-5-4-2;3*1-2/h3-16,18,22,34H,17,19-21H2,1-2H3;2*3-5H,1H2,2H3;3*1-2H3/b;2*5-4-;;;. The first-order chi connectivity index (χ1) is 24.4. The first-order valence-corrected chi connectivity index (χ1v) is 18.8. The summed E-state index contributed by atoms with van der Waals surface area (Å²) >= 11 is 0. The van der Waals surface area contributed by atoms with Gasteiger partial charge in [0.15, 0.2) is 0 Å². The van der Waals surface area contributed by atoms with E-state index in [2.05, 4.69) is 129 Å². The minimum atomic E-state index is 0.0825. The number of rotatable bonds is 6. The third-order valence-electron chi connectivity index (χ3n) is 8.38. The third-order valence-corrected chi connectivity index (χ3v) is 8.38. The van der Waals surface area contributed by atoms with Gasteiger partial charge in [0.2, 0.25) is 0 Å². The second kappa shape index (κ2) is 24.5. The molecule has 0 saturated heterocycles. The van der Waals surface area contributed by atoms with Crippen LogP contribution in [0.1, 0.15) is 112 Å². The minimum Gasteiger partial charge on any atom is -0.362 e. The topological polar surface area (TPSA) is 12.0 Å². The summed E-state index contributed by atoms with van der Waals surface area (Å²) in [6.07, 6.45) is 22.5. The smallest absolute Gasteiger partial charge is 0.0156 e. The molecule has 1 N–H and O–H groups in total. The van der Waals surface area contributed by atoms with E-state index in [1.165, 1.54) is 50.4 Å². The summed E-state index contributed by atoms with van der Waals surface area (Å²) < 4.78 is 0. The van der Waals surface area contributed by atoms with Crippen LogP contribution in [0, 0.1) is 0 Å². The molecule has 3 aromatic carbocycles. The van der Waals surface area contributed by atoms with Crippen LogP contribution < -0.4 is 5.32 Å². The zero-order valence-corrected chi connectivity index (χ0v) is 32.9. The van der Waals surface area contributed by atoms with Crippen LogP contribution in [-0.2, 0) is 5.41 Å². The van der Waals surface area contributed by atoms with Crippen molar-refractivity contribution in [1.29, 1.82) is 0 Å². The first-order valence-electron chi connectivity index (χ1n) is 18.8. The van der Waals surface area contributed by atoms with Crippen LogP contribution in [-0.4, -0.2) is 0 Å². The number of hydrogen-bond acceptors (Lipinski definition) is 1. The fraction of sp³-hybridized carbons (Fsp3) is 0.306. The van der Waals surface area contributed by atoms with Gasteiger partial charge in [0.05, 0.1) is 0 Å². The summed E-state index contributed by atoms with van der Waals surface area (Å²) in [6, 6.07) is 28.5. The zero-order valence-electron chi connectivity index (χ0n) is 32.9. The van der Waals surface area contributed by atoms with Crippen molar-refractivity contribution in [2.75, 3.05) is 0 Å². The van der Waals surface area contributed by atoms with Crippen molar-refractivity contribution in [3.63, 3.8) is 0 Å². The van der Waals surface area contributed by atoms with E-state index in [0.29, 0.717) is 0 Å². The molecule has 0 saturated carbocycles. The Balaban J connectivity index is 0.000000669. The van der Waals surface area contributed by atoms with E-state index in [9.17, 15) is 0 Å². The fourth-order valence-corrected chi connectivity index (χ4v) is 6.07. The Kier molecular flexibility index (Phi) is 21.3. The molecule has 0 aliphatic heterocycles. The largest absolute Gasteiger partial charge is 0.362 e. The second-order valence-electron chi connectivity index (χ2n) is 11.7. The van der Waals surface area contributed by atoms with Crippen molar-refractivity contribution in [1.82, 2.24) is 5.32 Å². The molecule has 3 aliphatic rings. The minimum absolute atomic E-state index is 0.0825. The molecular weight excluding hydrogens is 603 g/mol. The van der Waals surface area contributed by atoms with E-state index in [1.807, 2.05) is 79.7 Å². The lowest BCUT2D eigenvalue weighted by atomic mass is 9.79.